The third-order valence-electron chi connectivity index (χ3n) is 1.75. The van der Waals surface area contributed by atoms with E-state index in [9.17, 15) is 9.59 Å². The summed E-state index contributed by atoms with van der Waals surface area (Å²) in [6.07, 6.45) is 0. The van der Waals surface area contributed by atoms with Gasteiger partial charge in [0, 0.05) is 12.1 Å². The molecule has 1 aromatic rings. The molecule has 0 fully saturated rings. The van der Waals surface area contributed by atoms with Gasteiger partial charge in [-0.1, -0.05) is 0 Å². The molecular weight excluding hydrogens is 172 g/mol. The predicted molar refractivity (Wildman–Crippen MR) is 46.7 cm³/mol. The number of carbonyl (C=O) groups is 1. The second kappa shape index (κ2) is 3.40. The summed E-state index contributed by atoms with van der Waals surface area (Å²) in [5.74, 6) is -1.14. The van der Waals surface area contributed by atoms with Crippen molar-refractivity contribution in [3.8, 4) is 0 Å². The first-order valence-electron chi connectivity index (χ1n) is 3.72. The minimum absolute atomic E-state index is 0.0813. The van der Waals surface area contributed by atoms with E-state index >= 15 is 0 Å². The van der Waals surface area contributed by atoms with Crippen LogP contribution in [0.4, 0.5) is 0 Å². The van der Waals surface area contributed by atoms with E-state index in [0.717, 1.165) is 0 Å². The molecule has 0 amide bonds. The molecule has 0 aromatic carbocycles. The van der Waals surface area contributed by atoms with Crippen LogP contribution in [0.2, 0.25) is 0 Å². The van der Waals surface area contributed by atoms with Crippen LogP contribution >= 0.6 is 0 Å². The maximum atomic E-state index is 11.1. The number of aromatic carboxylic acids is 1. The Labute approximate surface area is 74.2 Å². The van der Waals surface area contributed by atoms with Crippen LogP contribution in [-0.2, 0) is 6.54 Å². The molecule has 0 bridgehead atoms. The van der Waals surface area contributed by atoms with Crippen molar-refractivity contribution in [3.05, 3.63) is 33.2 Å². The molecule has 1 rings (SSSR count). The fraction of sp³-hybridized carbons (Fsp3) is 0.250. The summed E-state index contributed by atoms with van der Waals surface area (Å²) < 4.78 is 0. The molecule has 4 N–H and O–H groups in total. The lowest BCUT2D eigenvalue weighted by molar-refractivity contribution is 0.0689. The molecule has 13 heavy (non-hydrogen) atoms. The standard InChI is InChI=1S/C8H10N2O3/c1-4-2-5(3-9)7(11)10-6(4)8(12)13/h2H,3,9H2,1H3,(H,10,11)(H,12,13). The summed E-state index contributed by atoms with van der Waals surface area (Å²) >= 11 is 0. The Hall–Kier alpha value is -1.62. The normalized spacial score (nSPS) is 10.0. The monoisotopic (exact) mass is 182 g/mol. The third-order valence-corrected chi connectivity index (χ3v) is 1.75. The van der Waals surface area contributed by atoms with Gasteiger partial charge in [0.25, 0.3) is 5.56 Å². The highest BCUT2D eigenvalue weighted by Gasteiger charge is 2.09. The van der Waals surface area contributed by atoms with Crippen LogP contribution in [-0.4, -0.2) is 16.1 Å². The smallest absolute Gasteiger partial charge is 0.352 e. The summed E-state index contributed by atoms with van der Waals surface area (Å²) in [6.45, 7) is 1.72. The van der Waals surface area contributed by atoms with Crippen LogP contribution in [0.1, 0.15) is 21.6 Å². The van der Waals surface area contributed by atoms with Gasteiger partial charge in [0.05, 0.1) is 0 Å². The van der Waals surface area contributed by atoms with Gasteiger partial charge in [-0.3, -0.25) is 4.79 Å². The Morgan fingerprint density at radius 3 is 2.77 bits per heavy atom. The molecule has 0 saturated heterocycles. The zero-order chi connectivity index (χ0) is 10.0. The first-order valence-corrected chi connectivity index (χ1v) is 3.72. The minimum atomic E-state index is -1.14. The number of nitrogens with two attached hydrogens (primary N) is 1. The predicted octanol–water partition coefficient (Wildman–Crippen LogP) is -0.160. The average Bonchev–Trinajstić information content (AvgIpc) is 2.07. The number of pyridine rings is 1. The molecule has 0 aliphatic rings. The topological polar surface area (TPSA) is 96.2 Å². The number of hydrogen-bond acceptors (Lipinski definition) is 3. The van der Waals surface area contributed by atoms with E-state index in [4.69, 9.17) is 10.8 Å². The molecule has 0 unspecified atom stereocenters. The van der Waals surface area contributed by atoms with Crippen molar-refractivity contribution < 1.29 is 9.90 Å². The molecular formula is C8H10N2O3. The van der Waals surface area contributed by atoms with Crippen molar-refractivity contribution in [2.45, 2.75) is 13.5 Å². The van der Waals surface area contributed by atoms with Gasteiger partial charge in [-0.05, 0) is 18.6 Å². The Kier molecular flexibility index (Phi) is 2.48. The first-order chi connectivity index (χ1) is 6.06. The number of aromatic amines is 1. The van der Waals surface area contributed by atoms with Crippen LogP contribution in [0.3, 0.4) is 0 Å². The van der Waals surface area contributed by atoms with Crippen LogP contribution in [0.5, 0.6) is 0 Å². The number of H-pyrrole nitrogens is 1. The van der Waals surface area contributed by atoms with Crippen molar-refractivity contribution in [2.75, 3.05) is 0 Å². The molecule has 0 aliphatic heterocycles. The van der Waals surface area contributed by atoms with Crippen LogP contribution in [0.15, 0.2) is 10.9 Å². The van der Waals surface area contributed by atoms with Crippen molar-refractivity contribution in [1.82, 2.24) is 4.98 Å². The number of nitrogens with one attached hydrogen (secondary N) is 1. The summed E-state index contributed by atoms with van der Waals surface area (Å²) in [5.41, 5.74) is 5.66. The van der Waals surface area contributed by atoms with Crippen molar-refractivity contribution in [1.29, 1.82) is 0 Å². The second-order valence-corrected chi connectivity index (χ2v) is 2.69. The summed E-state index contributed by atoms with van der Waals surface area (Å²) in [5, 5.41) is 8.65. The van der Waals surface area contributed by atoms with Crippen molar-refractivity contribution in [3.63, 3.8) is 0 Å². The Bertz CT molecular complexity index is 395. The number of carboxylic acids is 1. The highest BCUT2D eigenvalue weighted by molar-refractivity contribution is 5.86. The fourth-order valence-electron chi connectivity index (χ4n) is 1.07. The number of aryl methyl sites for hydroxylation is 1. The molecule has 0 spiro atoms. The van der Waals surface area contributed by atoms with Crippen molar-refractivity contribution >= 4 is 5.97 Å². The van der Waals surface area contributed by atoms with Gasteiger partial charge in [-0.2, -0.15) is 0 Å². The molecule has 5 heteroatoms. The number of aromatic nitrogens is 1. The quantitative estimate of drug-likeness (QED) is 0.592. The van der Waals surface area contributed by atoms with Gasteiger partial charge in [-0.25, -0.2) is 4.79 Å². The molecule has 0 aliphatic carbocycles. The maximum absolute atomic E-state index is 11.1. The van der Waals surface area contributed by atoms with E-state index < -0.39 is 11.5 Å². The van der Waals surface area contributed by atoms with E-state index in [2.05, 4.69) is 4.98 Å². The lowest BCUT2D eigenvalue weighted by atomic mass is 10.1. The van der Waals surface area contributed by atoms with Gasteiger partial charge in [0.1, 0.15) is 5.69 Å². The summed E-state index contributed by atoms with van der Waals surface area (Å²) in [6, 6.07) is 1.49. The summed E-state index contributed by atoms with van der Waals surface area (Å²) in [7, 11) is 0. The van der Waals surface area contributed by atoms with Gasteiger partial charge in [0.2, 0.25) is 0 Å². The van der Waals surface area contributed by atoms with E-state index in [1.807, 2.05) is 0 Å². The van der Waals surface area contributed by atoms with Crippen LogP contribution < -0.4 is 11.3 Å². The zero-order valence-corrected chi connectivity index (χ0v) is 7.13. The first kappa shape index (κ1) is 9.47. The third kappa shape index (κ3) is 1.75. The van der Waals surface area contributed by atoms with Crippen molar-refractivity contribution in [2.24, 2.45) is 5.73 Å². The SMILES string of the molecule is Cc1cc(CN)c(=O)[nH]c1C(=O)O. The van der Waals surface area contributed by atoms with Gasteiger partial charge in [0.15, 0.2) is 0 Å². The van der Waals surface area contributed by atoms with Crippen LogP contribution in [0.25, 0.3) is 0 Å². The molecule has 70 valence electrons. The highest BCUT2D eigenvalue weighted by atomic mass is 16.4. The number of carboxylic acid groups (broad SMARTS) is 1. The van der Waals surface area contributed by atoms with Gasteiger partial charge >= 0.3 is 5.97 Å². The molecule has 0 saturated carbocycles. The lowest BCUT2D eigenvalue weighted by Gasteiger charge is -2.02. The zero-order valence-electron chi connectivity index (χ0n) is 7.13. The fourth-order valence-corrected chi connectivity index (χ4v) is 1.07. The summed E-state index contributed by atoms with van der Waals surface area (Å²) in [4.78, 5) is 24.0. The van der Waals surface area contributed by atoms with Gasteiger partial charge < -0.3 is 15.8 Å². The molecule has 0 radical (unpaired) electrons. The van der Waals surface area contributed by atoms with E-state index in [1.54, 1.807) is 6.92 Å². The van der Waals surface area contributed by atoms with E-state index in [0.29, 0.717) is 11.1 Å². The van der Waals surface area contributed by atoms with E-state index in [-0.39, 0.29) is 12.2 Å². The highest BCUT2D eigenvalue weighted by Crippen LogP contribution is 2.03. The molecule has 5 nitrogen and oxygen atoms in total. The lowest BCUT2D eigenvalue weighted by Crippen LogP contribution is -2.20. The van der Waals surface area contributed by atoms with Crippen LogP contribution in [0, 0.1) is 6.92 Å². The Morgan fingerprint density at radius 2 is 2.31 bits per heavy atom. The molecule has 1 aromatic heterocycles. The largest absolute Gasteiger partial charge is 0.477 e. The second-order valence-electron chi connectivity index (χ2n) is 2.69. The average molecular weight is 182 g/mol. The van der Waals surface area contributed by atoms with E-state index in [1.165, 1.54) is 6.07 Å². The molecule has 0 atom stereocenters. The Balaban J connectivity index is 3.37. The Morgan fingerprint density at radius 1 is 1.69 bits per heavy atom. The number of hydrogen-bond donors (Lipinski definition) is 3. The minimum Gasteiger partial charge on any atom is -0.477 e. The number of rotatable bonds is 2. The molecule has 1 heterocycles. The maximum Gasteiger partial charge on any atom is 0.352 e. The van der Waals surface area contributed by atoms with Gasteiger partial charge in [-0.15, -0.1) is 0 Å².